The van der Waals surface area contributed by atoms with Crippen molar-refractivity contribution in [1.82, 2.24) is 10.2 Å². The Balaban J connectivity index is 1.57. The number of benzene rings is 1. The number of hydrogen-bond donors (Lipinski definition) is 1. The van der Waals surface area contributed by atoms with E-state index in [1.807, 2.05) is 19.1 Å². The van der Waals surface area contributed by atoms with Gasteiger partial charge in [0.15, 0.2) is 17.3 Å². The molecule has 1 fully saturated rings. The molecule has 1 atom stereocenters. The van der Waals surface area contributed by atoms with Crippen LogP contribution in [0.2, 0.25) is 0 Å². The van der Waals surface area contributed by atoms with Crippen molar-refractivity contribution in [2.45, 2.75) is 25.8 Å². The van der Waals surface area contributed by atoms with Crippen molar-refractivity contribution in [3.8, 4) is 11.5 Å². The van der Waals surface area contributed by atoms with Crippen LogP contribution in [0.25, 0.3) is 0 Å². The van der Waals surface area contributed by atoms with Gasteiger partial charge in [-0.3, -0.25) is 14.5 Å². The Hall–Kier alpha value is -2.34. The minimum Gasteiger partial charge on any atom is -0.486 e. The van der Waals surface area contributed by atoms with Gasteiger partial charge in [0, 0.05) is 18.0 Å². The minimum absolute atomic E-state index is 0.00140. The zero-order valence-electron chi connectivity index (χ0n) is 15.2. The summed E-state index contributed by atoms with van der Waals surface area (Å²) in [7, 11) is 0. The number of carbonyl (C=O) groups excluding carboxylic acids is 2. The third-order valence-corrected chi connectivity index (χ3v) is 5.07. The summed E-state index contributed by atoms with van der Waals surface area (Å²) in [6, 6.07) is 5.21. The molecular formula is C20H26N2O4. The molecule has 0 aromatic heterocycles. The van der Waals surface area contributed by atoms with E-state index in [-0.39, 0.29) is 23.7 Å². The van der Waals surface area contributed by atoms with Crippen LogP contribution in [-0.2, 0) is 4.79 Å². The van der Waals surface area contributed by atoms with E-state index >= 15 is 0 Å². The summed E-state index contributed by atoms with van der Waals surface area (Å²) in [5, 5.41) is 2.83. The third kappa shape index (κ3) is 4.07. The average molecular weight is 358 g/mol. The highest BCUT2D eigenvalue weighted by Crippen LogP contribution is 2.32. The Morgan fingerprint density at radius 3 is 2.65 bits per heavy atom. The number of fused-ring (bicyclic) bond motifs is 1. The Morgan fingerprint density at radius 2 is 1.96 bits per heavy atom. The predicted octanol–water partition coefficient (Wildman–Crippen LogP) is 2.04. The minimum atomic E-state index is -0.194. The number of Topliss-reactive ketones (excluding diaryl/α,β-unsaturated/α-hetero) is 1. The first-order valence-corrected chi connectivity index (χ1v) is 9.16. The molecule has 0 unspecified atom stereocenters. The standard InChI is InChI=1S/C20H26N2O4/c1-3-8-21-20(24)14(2)22-9-6-15(7-10-22)19(23)16-4-5-17-18(13-16)26-12-11-25-17/h3-5,13-15H,1,6-12H2,2H3,(H,21,24)/t14-/m0/s1. The van der Waals surface area contributed by atoms with Crippen LogP contribution in [0, 0.1) is 5.92 Å². The number of piperidine rings is 1. The van der Waals surface area contributed by atoms with Crippen molar-refractivity contribution >= 4 is 11.7 Å². The van der Waals surface area contributed by atoms with Crippen molar-refractivity contribution in [3.63, 3.8) is 0 Å². The normalized spacial score (nSPS) is 18.8. The van der Waals surface area contributed by atoms with Crippen LogP contribution in [0.4, 0.5) is 0 Å². The van der Waals surface area contributed by atoms with E-state index in [0.29, 0.717) is 36.8 Å². The number of hydrogen-bond acceptors (Lipinski definition) is 5. The quantitative estimate of drug-likeness (QED) is 0.623. The topological polar surface area (TPSA) is 67.9 Å². The highest BCUT2D eigenvalue weighted by Gasteiger charge is 2.30. The first kappa shape index (κ1) is 18.5. The van der Waals surface area contributed by atoms with E-state index in [0.717, 1.165) is 25.9 Å². The van der Waals surface area contributed by atoms with Crippen LogP contribution in [0.1, 0.15) is 30.1 Å². The number of carbonyl (C=O) groups is 2. The second kappa shape index (κ2) is 8.36. The molecule has 6 heteroatoms. The summed E-state index contributed by atoms with van der Waals surface area (Å²) >= 11 is 0. The largest absolute Gasteiger partial charge is 0.486 e. The first-order valence-electron chi connectivity index (χ1n) is 9.16. The molecule has 0 radical (unpaired) electrons. The van der Waals surface area contributed by atoms with Gasteiger partial charge >= 0.3 is 0 Å². The number of likely N-dealkylation sites (tertiary alicyclic amines) is 1. The zero-order valence-corrected chi connectivity index (χ0v) is 15.2. The van der Waals surface area contributed by atoms with Crippen molar-refractivity contribution in [2.75, 3.05) is 32.8 Å². The number of ketones is 1. The van der Waals surface area contributed by atoms with Gasteiger partial charge in [-0.15, -0.1) is 6.58 Å². The van der Waals surface area contributed by atoms with E-state index in [1.54, 1.807) is 12.1 Å². The Morgan fingerprint density at radius 1 is 1.27 bits per heavy atom. The highest BCUT2D eigenvalue weighted by molar-refractivity contribution is 5.98. The second-order valence-corrected chi connectivity index (χ2v) is 6.74. The van der Waals surface area contributed by atoms with Crippen LogP contribution >= 0.6 is 0 Å². The second-order valence-electron chi connectivity index (χ2n) is 6.74. The summed E-state index contributed by atoms with van der Waals surface area (Å²) < 4.78 is 11.1. The van der Waals surface area contributed by atoms with Gasteiger partial charge in [-0.1, -0.05) is 6.08 Å². The van der Waals surface area contributed by atoms with E-state index in [9.17, 15) is 9.59 Å². The molecule has 26 heavy (non-hydrogen) atoms. The zero-order chi connectivity index (χ0) is 18.5. The van der Waals surface area contributed by atoms with Gasteiger partial charge in [0.05, 0.1) is 6.04 Å². The SMILES string of the molecule is C=CCNC(=O)[C@H](C)N1CCC(C(=O)c2ccc3c(c2)OCCO3)CC1. The van der Waals surface area contributed by atoms with Crippen molar-refractivity contribution in [1.29, 1.82) is 0 Å². The summed E-state index contributed by atoms with van der Waals surface area (Å²) in [5.41, 5.74) is 0.671. The average Bonchev–Trinajstić information content (AvgIpc) is 2.70. The molecule has 2 heterocycles. The van der Waals surface area contributed by atoms with E-state index in [1.165, 1.54) is 0 Å². The Kier molecular flexibility index (Phi) is 5.93. The molecule has 2 aliphatic heterocycles. The van der Waals surface area contributed by atoms with Crippen LogP contribution in [-0.4, -0.2) is 55.5 Å². The summed E-state index contributed by atoms with van der Waals surface area (Å²) in [6.07, 6.45) is 3.18. The lowest BCUT2D eigenvalue weighted by atomic mass is 9.88. The number of ether oxygens (including phenoxy) is 2. The highest BCUT2D eigenvalue weighted by atomic mass is 16.6. The van der Waals surface area contributed by atoms with Crippen LogP contribution in [0.3, 0.4) is 0 Å². The maximum Gasteiger partial charge on any atom is 0.237 e. The Labute approximate surface area is 154 Å². The van der Waals surface area contributed by atoms with E-state index in [4.69, 9.17) is 9.47 Å². The summed E-state index contributed by atoms with van der Waals surface area (Å²) in [5.74, 6) is 1.47. The molecule has 0 aliphatic carbocycles. The summed E-state index contributed by atoms with van der Waals surface area (Å²) in [4.78, 5) is 27.0. The van der Waals surface area contributed by atoms with Crippen molar-refractivity contribution in [3.05, 3.63) is 36.4 Å². The van der Waals surface area contributed by atoms with Gasteiger partial charge in [0.1, 0.15) is 13.2 Å². The van der Waals surface area contributed by atoms with Gasteiger partial charge < -0.3 is 14.8 Å². The molecule has 6 nitrogen and oxygen atoms in total. The van der Waals surface area contributed by atoms with Gasteiger partial charge in [-0.2, -0.15) is 0 Å². The van der Waals surface area contributed by atoms with Crippen LogP contribution < -0.4 is 14.8 Å². The van der Waals surface area contributed by atoms with Crippen molar-refractivity contribution in [2.24, 2.45) is 5.92 Å². The molecule has 0 spiro atoms. The lowest BCUT2D eigenvalue weighted by Crippen LogP contribution is -2.49. The maximum atomic E-state index is 12.8. The van der Waals surface area contributed by atoms with Crippen LogP contribution in [0.15, 0.2) is 30.9 Å². The summed E-state index contributed by atoms with van der Waals surface area (Å²) in [6.45, 7) is 8.51. The molecule has 140 valence electrons. The molecule has 2 aliphatic rings. The van der Waals surface area contributed by atoms with Gasteiger partial charge in [0.2, 0.25) is 5.91 Å². The molecule has 1 amide bonds. The Bertz CT molecular complexity index is 680. The molecule has 0 bridgehead atoms. The lowest BCUT2D eigenvalue weighted by molar-refractivity contribution is -0.126. The molecule has 1 saturated heterocycles. The number of rotatable bonds is 6. The monoisotopic (exact) mass is 358 g/mol. The fraction of sp³-hybridized carbons (Fsp3) is 0.500. The number of nitrogens with one attached hydrogen (secondary N) is 1. The van der Waals surface area contributed by atoms with E-state index < -0.39 is 0 Å². The molecule has 3 rings (SSSR count). The molecule has 1 N–H and O–H groups in total. The van der Waals surface area contributed by atoms with Crippen LogP contribution in [0.5, 0.6) is 11.5 Å². The fourth-order valence-corrected chi connectivity index (χ4v) is 3.47. The smallest absolute Gasteiger partial charge is 0.237 e. The molecule has 1 aromatic rings. The number of amides is 1. The van der Waals surface area contributed by atoms with E-state index in [2.05, 4.69) is 16.8 Å². The fourth-order valence-electron chi connectivity index (χ4n) is 3.47. The van der Waals surface area contributed by atoms with Gasteiger partial charge in [-0.05, 0) is 51.1 Å². The van der Waals surface area contributed by atoms with Crippen molar-refractivity contribution < 1.29 is 19.1 Å². The first-order chi connectivity index (χ1) is 12.6. The lowest BCUT2D eigenvalue weighted by Gasteiger charge is -2.34. The van der Waals surface area contributed by atoms with Gasteiger partial charge in [-0.25, -0.2) is 0 Å². The number of nitrogens with zero attached hydrogens (tertiary/aromatic N) is 1. The molecular weight excluding hydrogens is 332 g/mol. The third-order valence-electron chi connectivity index (χ3n) is 5.07. The molecule has 0 saturated carbocycles. The maximum absolute atomic E-state index is 12.8. The molecule has 1 aromatic carbocycles. The van der Waals surface area contributed by atoms with Gasteiger partial charge in [0.25, 0.3) is 0 Å². The predicted molar refractivity (Wildman–Crippen MR) is 98.7 cm³/mol.